The summed E-state index contributed by atoms with van der Waals surface area (Å²) in [5.74, 6) is 0.392. The van der Waals surface area contributed by atoms with Crippen LogP contribution in [0.1, 0.15) is 56.9 Å². The maximum atomic E-state index is 17.0. The minimum absolute atomic E-state index is 0.107. The highest BCUT2D eigenvalue weighted by Crippen LogP contribution is 2.42. The summed E-state index contributed by atoms with van der Waals surface area (Å²) in [6.45, 7) is 4.40. The molecule has 1 unspecified atom stereocenters. The van der Waals surface area contributed by atoms with E-state index in [0.717, 1.165) is 75.5 Å². The van der Waals surface area contributed by atoms with Crippen LogP contribution in [0.4, 0.5) is 14.6 Å². The maximum absolute atomic E-state index is 17.0. The van der Waals surface area contributed by atoms with Crippen LogP contribution in [0, 0.1) is 11.7 Å². The number of benzene rings is 1. The molecule has 0 saturated carbocycles. The van der Waals surface area contributed by atoms with Gasteiger partial charge in [0.2, 0.25) is 0 Å². The maximum Gasteiger partial charge on any atom is 0.319 e. The molecule has 3 atom stereocenters. The lowest BCUT2D eigenvalue weighted by molar-refractivity contribution is 0.0961. The lowest BCUT2D eigenvalue weighted by Crippen LogP contribution is -2.43. The zero-order valence-electron chi connectivity index (χ0n) is 25.3. The van der Waals surface area contributed by atoms with Gasteiger partial charge in [0.25, 0.3) is 0 Å². The van der Waals surface area contributed by atoms with Crippen molar-refractivity contribution in [2.75, 3.05) is 50.9 Å². The van der Waals surface area contributed by atoms with Crippen molar-refractivity contribution in [3.8, 4) is 17.3 Å². The fourth-order valence-corrected chi connectivity index (χ4v) is 8.38. The summed E-state index contributed by atoms with van der Waals surface area (Å²) in [5, 5.41) is 9.04. The number of pyridine rings is 1. The van der Waals surface area contributed by atoms with Crippen LogP contribution in [0.25, 0.3) is 33.1 Å². The van der Waals surface area contributed by atoms with Crippen LogP contribution in [-0.4, -0.2) is 87.8 Å². The summed E-state index contributed by atoms with van der Waals surface area (Å²) in [6, 6.07) is 1.95. The molecule has 12 heteroatoms. The Balaban J connectivity index is 1.29. The summed E-state index contributed by atoms with van der Waals surface area (Å²) >= 11 is 6.84. The fourth-order valence-electron chi connectivity index (χ4n) is 8.08. The number of rotatable bonds is 3. The van der Waals surface area contributed by atoms with Gasteiger partial charge < -0.3 is 14.4 Å². The van der Waals surface area contributed by atoms with Gasteiger partial charge in [0.1, 0.15) is 29.8 Å². The van der Waals surface area contributed by atoms with Crippen LogP contribution in [0.2, 0.25) is 5.02 Å². The Hall–Kier alpha value is -3.15. The summed E-state index contributed by atoms with van der Waals surface area (Å²) in [7, 11) is 0. The molecule has 5 aliphatic heterocycles. The standard InChI is InChI=1S/C33H38ClF2N7O2/c34-25-12-26-23(15-38-41-26)27-22(25)7-2-4-11-44-18-20-6-1-3-9-42(16-20)31-24-14-37-30(27)28(36)29(24)39-32(40-31)45-19-33-8-5-10-43(33)17-21(35)13-33/h12,14-15,20-21H,1-11,13,16-19H2,(H,38,41)/t20?,21-,33+/m1/s1. The predicted molar refractivity (Wildman–Crippen MR) is 169 cm³/mol. The monoisotopic (exact) mass is 637 g/mol. The largest absolute Gasteiger partial charge is 0.461 e. The SMILES string of the molecule is Fc1c2ncc3c(nc(OC[C@@]45CCCN4C[C@H](F)C5)nc13)N1CCCCC(COCCCCc3c(Cl)cc4[nH]ncc4c3-2)C1. The Kier molecular flexibility index (Phi) is 7.74. The van der Waals surface area contributed by atoms with Gasteiger partial charge in [0.15, 0.2) is 5.82 Å². The third kappa shape index (κ3) is 5.30. The van der Waals surface area contributed by atoms with E-state index in [4.69, 9.17) is 36.0 Å². The number of H-pyrrole nitrogens is 1. The number of hydrogen-bond acceptors (Lipinski definition) is 8. The third-order valence-corrected chi connectivity index (χ3v) is 10.6. The van der Waals surface area contributed by atoms with Gasteiger partial charge in [-0.05, 0) is 69.0 Å². The third-order valence-electron chi connectivity index (χ3n) is 10.3. The molecule has 3 saturated heterocycles. The van der Waals surface area contributed by atoms with E-state index < -0.39 is 12.0 Å². The molecule has 8 heterocycles. The summed E-state index contributed by atoms with van der Waals surface area (Å²) in [4.78, 5) is 18.8. The molecule has 238 valence electrons. The van der Waals surface area contributed by atoms with Gasteiger partial charge in [-0.25, -0.2) is 8.78 Å². The second-order valence-electron chi connectivity index (χ2n) is 13.3. The highest BCUT2D eigenvalue weighted by Gasteiger charge is 2.49. The quantitative estimate of drug-likeness (QED) is 0.281. The average Bonchev–Trinajstić information content (AvgIpc) is 3.67. The number of halogens is 3. The number of alkyl halides is 1. The summed E-state index contributed by atoms with van der Waals surface area (Å²) in [6.07, 6.45) is 10.3. The van der Waals surface area contributed by atoms with E-state index in [-0.39, 0.29) is 29.4 Å². The van der Waals surface area contributed by atoms with E-state index in [9.17, 15) is 4.39 Å². The van der Waals surface area contributed by atoms with Crippen molar-refractivity contribution in [3.63, 3.8) is 0 Å². The number of aromatic nitrogens is 5. The van der Waals surface area contributed by atoms with Crippen molar-refractivity contribution in [1.29, 1.82) is 0 Å². The van der Waals surface area contributed by atoms with E-state index >= 15 is 4.39 Å². The highest BCUT2D eigenvalue weighted by molar-refractivity contribution is 6.33. The molecule has 3 fully saturated rings. The average molecular weight is 638 g/mol. The van der Waals surface area contributed by atoms with Crippen molar-refractivity contribution < 1.29 is 18.3 Å². The lowest BCUT2D eigenvalue weighted by atomic mass is 9.95. The Bertz CT molecular complexity index is 1740. The zero-order chi connectivity index (χ0) is 30.5. The molecule has 1 aromatic carbocycles. The molecule has 3 aromatic heterocycles. The van der Waals surface area contributed by atoms with Crippen molar-refractivity contribution >= 4 is 39.2 Å². The summed E-state index contributed by atoms with van der Waals surface area (Å²) < 4.78 is 44.1. The Morgan fingerprint density at radius 2 is 2.02 bits per heavy atom. The van der Waals surface area contributed by atoms with Gasteiger partial charge in [-0.15, -0.1) is 0 Å². The number of nitrogens with one attached hydrogen (secondary N) is 1. The number of hydrogen-bond donors (Lipinski definition) is 1. The summed E-state index contributed by atoms with van der Waals surface area (Å²) in [5.41, 5.74) is 2.12. The second-order valence-corrected chi connectivity index (χ2v) is 13.7. The van der Waals surface area contributed by atoms with Crippen LogP contribution in [0.5, 0.6) is 6.01 Å². The Morgan fingerprint density at radius 3 is 2.96 bits per heavy atom. The van der Waals surface area contributed by atoms with Gasteiger partial charge in [-0.2, -0.15) is 15.1 Å². The van der Waals surface area contributed by atoms with Crippen molar-refractivity contribution in [3.05, 3.63) is 34.9 Å². The normalized spacial score (nSPS) is 26.1. The van der Waals surface area contributed by atoms with Crippen molar-refractivity contribution in [2.45, 2.75) is 69.5 Å². The van der Waals surface area contributed by atoms with Crippen molar-refractivity contribution in [2.24, 2.45) is 5.92 Å². The molecule has 1 N–H and O–H groups in total. The number of anilines is 1. The Labute approximate surface area is 265 Å². The van der Waals surface area contributed by atoms with Crippen LogP contribution >= 0.6 is 11.6 Å². The van der Waals surface area contributed by atoms with Crippen LogP contribution in [-0.2, 0) is 11.2 Å². The van der Waals surface area contributed by atoms with Crippen LogP contribution < -0.4 is 9.64 Å². The molecule has 9 nitrogen and oxygen atoms in total. The number of fused-ring (bicyclic) bond motifs is 8. The second kappa shape index (κ2) is 11.9. The van der Waals surface area contributed by atoms with Gasteiger partial charge in [0, 0.05) is 54.8 Å². The van der Waals surface area contributed by atoms with Gasteiger partial charge in [-0.1, -0.05) is 18.0 Å². The van der Waals surface area contributed by atoms with E-state index in [1.807, 2.05) is 6.07 Å². The molecule has 4 aromatic rings. The molecule has 9 rings (SSSR count). The smallest absolute Gasteiger partial charge is 0.319 e. The first-order chi connectivity index (χ1) is 22.0. The molecule has 6 bridgehead atoms. The molecular weight excluding hydrogens is 600 g/mol. The predicted octanol–water partition coefficient (Wildman–Crippen LogP) is 6.28. The van der Waals surface area contributed by atoms with E-state index in [1.54, 1.807) is 12.4 Å². The zero-order valence-corrected chi connectivity index (χ0v) is 26.1. The van der Waals surface area contributed by atoms with Gasteiger partial charge >= 0.3 is 6.01 Å². The molecular formula is C33H38ClF2N7O2. The van der Waals surface area contributed by atoms with E-state index in [1.165, 1.54) is 0 Å². The Morgan fingerprint density at radius 1 is 1.09 bits per heavy atom. The van der Waals surface area contributed by atoms with E-state index in [0.29, 0.717) is 65.8 Å². The molecule has 0 spiro atoms. The number of nitrogens with zero attached hydrogens (tertiary/aromatic N) is 6. The molecule has 5 aliphatic rings. The van der Waals surface area contributed by atoms with Crippen LogP contribution in [0.15, 0.2) is 18.5 Å². The topological polar surface area (TPSA) is 92.3 Å². The first kappa shape index (κ1) is 29.3. The van der Waals surface area contributed by atoms with Crippen LogP contribution in [0.3, 0.4) is 0 Å². The number of aromatic amines is 1. The molecule has 0 amide bonds. The fraction of sp³-hybridized carbons (Fsp3) is 0.576. The molecule has 45 heavy (non-hydrogen) atoms. The van der Waals surface area contributed by atoms with Gasteiger partial charge in [0.05, 0.1) is 29.2 Å². The molecule has 0 aliphatic carbocycles. The van der Waals surface area contributed by atoms with Crippen molar-refractivity contribution in [1.82, 2.24) is 30.0 Å². The first-order valence-corrected chi connectivity index (χ1v) is 16.7. The molecule has 0 radical (unpaired) electrons. The highest BCUT2D eigenvalue weighted by atomic mass is 35.5. The van der Waals surface area contributed by atoms with E-state index in [2.05, 4.69) is 20.0 Å². The van der Waals surface area contributed by atoms with Gasteiger partial charge in [-0.3, -0.25) is 15.0 Å². The minimum Gasteiger partial charge on any atom is -0.461 e. The minimum atomic E-state index is -0.872. The first-order valence-electron chi connectivity index (χ1n) is 16.3. The number of ether oxygens (including phenoxy) is 2. The lowest BCUT2D eigenvalue weighted by Gasteiger charge is -2.31.